The Labute approximate surface area is 194 Å². The molecule has 32 heavy (non-hydrogen) atoms. The van der Waals surface area contributed by atoms with Crippen molar-refractivity contribution < 1.29 is 18.0 Å². The summed E-state index contributed by atoms with van der Waals surface area (Å²) < 4.78 is 27.6. The Bertz CT molecular complexity index is 1290. The summed E-state index contributed by atoms with van der Waals surface area (Å²) in [5.41, 5.74) is 1.80. The average molecular weight is 488 g/mol. The van der Waals surface area contributed by atoms with Gasteiger partial charge in [0.15, 0.2) is 0 Å². The fraction of sp³-hybridized carbons (Fsp3) is 0.0909. The third-order valence-corrected chi connectivity index (χ3v) is 7.52. The van der Waals surface area contributed by atoms with Crippen LogP contribution in [0.25, 0.3) is 0 Å². The number of thioether (sulfide) groups is 1. The van der Waals surface area contributed by atoms with Gasteiger partial charge in [0.25, 0.3) is 15.9 Å². The maximum atomic E-state index is 12.6. The maximum Gasteiger partial charge on any atom is 0.261 e. The molecule has 0 spiro atoms. The van der Waals surface area contributed by atoms with Gasteiger partial charge in [0.1, 0.15) is 0 Å². The number of anilines is 3. The van der Waals surface area contributed by atoms with Crippen LogP contribution in [0.2, 0.25) is 5.02 Å². The summed E-state index contributed by atoms with van der Waals surface area (Å²) in [6, 6.07) is 17.2. The number of amides is 2. The molecule has 3 aromatic carbocycles. The molecule has 1 aliphatic rings. The highest BCUT2D eigenvalue weighted by atomic mass is 35.5. The molecule has 1 atom stereocenters. The Balaban J connectivity index is 1.45. The van der Waals surface area contributed by atoms with Crippen molar-refractivity contribution in [2.24, 2.45) is 0 Å². The first-order chi connectivity index (χ1) is 15.2. The first kappa shape index (κ1) is 22.2. The molecule has 0 saturated heterocycles. The Hall–Kier alpha value is -3.01. The molecule has 0 unspecified atom stereocenters. The number of carbonyl (C=O) groups is 2. The lowest BCUT2D eigenvalue weighted by Gasteiger charge is -2.21. The molecule has 0 saturated carbocycles. The van der Waals surface area contributed by atoms with E-state index in [1.54, 1.807) is 42.5 Å². The zero-order chi connectivity index (χ0) is 22.9. The predicted molar refractivity (Wildman–Crippen MR) is 127 cm³/mol. The van der Waals surface area contributed by atoms with Crippen molar-refractivity contribution in [2.75, 3.05) is 15.4 Å². The second-order valence-electron chi connectivity index (χ2n) is 7.05. The monoisotopic (exact) mass is 487 g/mol. The average Bonchev–Trinajstić information content (AvgIpc) is 2.76. The van der Waals surface area contributed by atoms with Crippen molar-refractivity contribution in [2.45, 2.75) is 22.0 Å². The number of benzene rings is 3. The van der Waals surface area contributed by atoms with Gasteiger partial charge < -0.3 is 10.6 Å². The van der Waals surface area contributed by atoms with E-state index >= 15 is 0 Å². The number of fused-ring (bicyclic) bond motifs is 1. The van der Waals surface area contributed by atoms with Crippen molar-refractivity contribution >= 4 is 62.3 Å². The molecule has 1 aliphatic heterocycles. The van der Waals surface area contributed by atoms with Crippen molar-refractivity contribution in [1.29, 1.82) is 0 Å². The van der Waals surface area contributed by atoms with Crippen LogP contribution in [0.15, 0.2) is 76.5 Å². The van der Waals surface area contributed by atoms with E-state index in [4.69, 9.17) is 11.6 Å². The first-order valence-electron chi connectivity index (χ1n) is 9.53. The summed E-state index contributed by atoms with van der Waals surface area (Å²) in [5, 5.41) is 5.84. The molecule has 0 radical (unpaired) electrons. The fourth-order valence-corrected chi connectivity index (χ4v) is 5.12. The van der Waals surface area contributed by atoms with Gasteiger partial charge in [0, 0.05) is 26.9 Å². The predicted octanol–water partition coefficient (Wildman–Crippen LogP) is 4.83. The lowest BCUT2D eigenvalue weighted by atomic mass is 10.1. The van der Waals surface area contributed by atoms with E-state index in [-0.39, 0.29) is 22.0 Å². The van der Waals surface area contributed by atoms with Gasteiger partial charge in [-0.3, -0.25) is 14.3 Å². The van der Waals surface area contributed by atoms with Gasteiger partial charge >= 0.3 is 0 Å². The van der Waals surface area contributed by atoms with E-state index in [0.29, 0.717) is 27.6 Å². The van der Waals surface area contributed by atoms with Gasteiger partial charge in [-0.25, -0.2) is 8.42 Å². The van der Waals surface area contributed by atoms with E-state index in [2.05, 4.69) is 15.4 Å². The Kier molecular flexibility index (Phi) is 6.14. The van der Waals surface area contributed by atoms with Gasteiger partial charge in [-0.1, -0.05) is 11.6 Å². The minimum absolute atomic E-state index is 0.0492. The molecule has 3 N–H and O–H groups in total. The molecule has 2 amide bonds. The van der Waals surface area contributed by atoms with E-state index < -0.39 is 10.0 Å². The Morgan fingerprint density at radius 3 is 2.34 bits per heavy atom. The zero-order valence-electron chi connectivity index (χ0n) is 16.8. The van der Waals surface area contributed by atoms with Gasteiger partial charge in [0.05, 0.1) is 15.8 Å². The molecular formula is C22H18ClN3O4S2. The lowest BCUT2D eigenvalue weighted by Crippen LogP contribution is -2.26. The highest BCUT2D eigenvalue weighted by Gasteiger charge is 2.24. The minimum atomic E-state index is -3.79. The summed E-state index contributed by atoms with van der Waals surface area (Å²) in [5.74, 6) is -0.482. The Morgan fingerprint density at radius 2 is 1.66 bits per heavy atom. The zero-order valence-corrected chi connectivity index (χ0v) is 19.1. The Morgan fingerprint density at radius 1 is 1.00 bits per heavy atom. The molecule has 0 bridgehead atoms. The van der Waals surface area contributed by atoms with Crippen LogP contribution >= 0.6 is 23.4 Å². The molecular weight excluding hydrogens is 470 g/mol. The number of hydrogen-bond donors (Lipinski definition) is 3. The fourth-order valence-electron chi connectivity index (χ4n) is 3.00. The van der Waals surface area contributed by atoms with Gasteiger partial charge in [-0.15, -0.1) is 11.8 Å². The normalized spacial score (nSPS) is 15.4. The van der Waals surface area contributed by atoms with Crippen LogP contribution in [0, 0.1) is 0 Å². The number of halogens is 1. The summed E-state index contributed by atoms with van der Waals surface area (Å²) >= 11 is 7.26. The highest BCUT2D eigenvalue weighted by Crippen LogP contribution is 2.36. The van der Waals surface area contributed by atoms with Gasteiger partial charge in [0.2, 0.25) is 5.91 Å². The summed E-state index contributed by atoms with van der Waals surface area (Å²) in [6.45, 7) is 1.82. The highest BCUT2D eigenvalue weighted by molar-refractivity contribution is 8.01. The SMILES string of the molecule is C[C@H]1Sc2ccc(C(=O)Nc3ccc(S(=O)(=O)Nc4ccc(Cl)cc4)cc3)cc2NC1=O. The van der Waals surface area contributed by atoms with Crippen LogP contribution in [-0.4, -0.2) is 25.5 Å². The molecule has 164 valence electrons. The van der Waals surface area contributed by atoms with Crippen LogP contribution in [0.1, 0.15) is 17.3 Å². The molecule has 0 aromatic heterocycles. The largest absolute Gasteiger partial charge is 0.324 e. The topological polar surface area (TPSA) is 104 Å². The number of nitrogens with one attached hydrogen (secondary N) is 3. The molecule has 7 nitrogen and oxygen atoms in total. The molecule has 10 heteroatoms. The van der Waals surface area contributed by atoms with E-state index in [0.717, 1.165) is 4.90 Å². The number of hydrogen-bond acceptors (Lipinski definition) is 5. The van der Waals surface area contributed by atoms with Gasteiger partial charge in [-0.2, -0.15) is 0 Å². The molecule has 4 rings (SSSR count). The second kappa shape index (κ2) is 8.85. The third-order valence-electron chi connectivity index (χ3n) is 4.69. The third kappa shape index (κ3) is 4.90. The molecule has 1 heterocycles. The van der Waals surface area contributed by atoms with Crippen LogP contribution in [0.4, 0.5) is 17.1 Å². The quantitative estimate of drug-likeness (QED) is 0.478. The number of carbonyl (C=O) groups excluding carboxylic acids is 2. The smallest absolute Gasteiger partial charge is 0.261 e. The number of sulfonamides is 1. The minimum Gasteiger partial charge on any atom is -0.324 e. The first-order valence-corrected chi connectivity index (χ1v) is 12.3. The lowest BCUT2D eigenvalue weighted by molar-refractivity contribution is -0.115. The van der Waals surface area contributed by atoms with Crippen molar-refractivity contribution in [3.63, 3.8) is 0 Å². The van der Waals surface area contributed by atoms with E-state index in [9.17, 15) is 18.0 Å². The van der Waals surface area contributed by atoms with E-state index in [1.807, 2.05) is 6.92 Å². The van der Waals surface area contributed by atoms with Crippen molar-refractivity contribution in [1.82, 2.24) is 0 Å². The van der Waals surface area contributed by atoms with Crippen LogP contribution in [0.5, 0.6) is 0 Å². The van der Waals surface area contributed by atoms with Crippen molar-refractivity contribution in [3.05, 3.63) is 77.3 Å². The second-order valence-corrected chi connectivity index (χ2v) is 10.6. The van der Waals surface area contributed by atoms with Crippen LogP contribution in [-0.2, 0) is 14.8 Å². The molecule has 0 aliphatic carbocycles. The summed E-state index contributed by atoms with van der Waals surface area (Å²) in [7, 11) is -3.79. The summed E-state index contributed by atoms with van der Waals surface area (Å²) in [6.07, 6.45) is 0. The van der Waals surface area contributed by atoms with Crippen LogP contribution < -0.4 is 15.4 Å². The number of rotatable bonds is 5. The molecule has 0 fully saturated rings. The molecule has 3 aromatic rings. The van der Waals surface area contributed by atoms with Crippen LogP contribution in [0.3, 0.4) is 0 Å². The summed E-state index contributed by atoms with van der Waals surface area (Å²) in [4.78, 5) is 25.5. The van der Waals surface area contributed by atoms with E-state index in [1.165, 1.54) is 36.0 Å². The van der Waals surface area contributed by atoms with Gasteiger partial charge in [-0.05, 0) is 73.7 Å². The standard InChI is InChI=1S/C22H18ClN3O4S2/c1-13-21(27)25-19-12-14(2-11-20(19)31-13)22(28)24-16-7-9-18(10-8-16)32(29,30)26-17-5-3-15(23)4-6-17/h2-13,26H,1H3,(H,24,28)(H,25,27)/t13-/m1/s1. The maximum absolute atomic E-state index is 12.6. The van der Waals surface area contributed by atoms with Crippen molar-refractivity contribution in [3.8, 4) is 0 Å².